The van der Waals surface area contributed by atoms with E-state index < -0.39 is 0 Å². The first-order chi connectivity index (χ1) is 15.6. The zero-order chi connectivity index (χ0) is 22.1. The highest BCUT2D eigenvalue weighted by atomic mass is 16.2. The summed E-state index contributed by atoms with van der Waals surface area (Å²) in [6.07, 6.45) is 7.76. The van der Waals surface area contributed by atoms with Gasteiger partial charge in [0, 0.05) is 42.6 Å². The maximum absolute atomic E-state index is 13.6. The molecular formula is C25H27N5O2. The number of likely N-dealkylation sites (tertiary alicyclic amines) is 1. The standard InChI is InChI=1S/C25H27N5O2/c1-17(31)30-12-9-22-24-19(14-26-28-22)13-20(21(24)15-30)25(32)27-23(16-29-10-5-6-11-29)18-7-3-2-4-8-18/h2-4,7-9,12-14,23,26H,5-6,10-11,15-16H2,1H3,(H,27,32)/t23-/m1/s1. The number of nitrogens with zero attached hydrogens (tertiary/aromatic N) is 3. The average Bonchev–Trinajstić information content (AvgIpc) is 3.39. The van der Waals surface area contributed by atoms with Crippen molar-refractivity contribution < 1.29 is 9.59 Å². The third-order valence-corrected chi connectivity index (χ3v) is 6.41. The van der Waals surface area contributed by atoms with Gasteiger partial charge in [0.05, 0.1) is 18.3 Å². The number of benzene rings is 1. The van der Waals surface area contributed by atoms with E-state index in [1.165, 1.54) is 19.8 Å². The molecule has 3 heterocycles. The maximum Gasteiger partial charge on any atom is 0.252 e. The number of nitrogens with one attached hydrogen (secondary N) is 2. The highest BCUT2D eigenvalue weighted by Gasteiger charge is 2.29. The van der Waals surface area contributed by atoms with E-state index in [9.17, 15) is 9.59 Å². The summed E-state index contributed by atoms with van der Waals surface area (Å²) in [6, 6.07) is 11.9. The molecule has 0 bridgehead atoms. The quantitative estimate of drug-likeness (QED) is 0.651. The molecule has 2 N–H and O–H groups in total. The van der Waals surface area contributed by atoms with Crippen LogP contribution in [0.15, 0.2) is 48.8 Å². The van der Waals surface area contributed by atoms with Crippen LogP contribution in [0.2, 0.25) is 0 Å². The lowest BCUT2D eigenvalue weighted by Gasteiger charge is -2.25. The van der Waals surface area contributed by atoms with Gasteiger partial charge in [0.15, 0.2) is 0 Å². The summed E-state index contributed by atoms with van der Waals surface area (Å²) in [5.41, 5.74) is 5.10. The summed E-state index contributed by atoms with van der Waals surface area (Å²) in [7, 11) is 0. The van der Waals surface area contributed by atoms with Crippen LogP contribution in [0.4, 0.5) is 0 Å². The van der Waals surface area contributed by atoms with Crippen molar-refractivity contribution in [1.82, 2.24) is 25.3 Å². The molecule has 1 aliphatic carbocycles. The van der Waals surface area contributed by atoms with Crippen molar-refractivity contribution in [3.8, 4) is 11.1 Å². The summed E-state index contributed by atoms with van der Waals surface area (Å²) >= 11 is 0. The van der Waals surface area contributed by atoms with Crippen molar-refractivity contribution in [3.63, 3.8) is 0 Å². The van der Waals surface area contributed by atoms with Crippen molar-refractivity contribution in [2.45, 2.75) is 32.4 Å². The van der Waals surface area contributed by atoms with Crippen molar-refractivity contribution in [1.29, 1.82) is 0 Å². The SMILES string of the molecule is CC(=O)N1C=Cc2n[nH]cc3cc(C(=O)N[C@H](CN4CCCC4)c4ccccc4)c(c2-3)C1. The summed E-state index contributed by atoms with van der Waals surface area (Å²) < 4.78 is 0. The van der Waals surface area contributed by atoms with Crippen LogP contribution in [0.1, 0.15) is 53.0 Å². The summed E-state index contributed by atoms with van der Waals surface area (Å²) in [6.45, 7) is 4.79. The van der Waals surface area contributed by atoms with Gasteiger partial charge in [-0.1, -0.05) is 30.3 Å². The molecule has 1 atom stereocenters. The first kappa shape index (κ1) is 20.5. The van der Waals surface area contributed by atoms with Crippen LogP contribution in [-0.4, -0.2) is 51.4 Å². The second-order valence-corrected chi connectivity index (χ2v) is 8.54. The predicted octanol–water partition coefficient (Wildman–Crippen LogP) is 3.41. The van der Waals surface area contributed by atoms with Gasteiger partial charge in [-0.3, -0.25) is 14.7 Å². The molecular weight excluding hydrogens is 402 g/mol. The Hall–Kier alpha value is -3.45. The van der Waals surface area contributed by atoms with Gasteiger partial charge in [-0.25, -0.2) is 0 Å². The molecule has 32 heavy (non-hydrogen) atoms. The Morgan fingerprint density at radius 1 is 1.19 bits per heavy atom. The molecule has 1 aromatic carbocycles. The fourth-order valence-corrected chi connectivity index (χ4v) is 4.73. The first-order valence-electron chi connectivity index (χ1n) is 11.1. The molecule has 164 valence electrons. The number of amides is 2. The molecule has 4 aliphatic rings. The predicted molar refractivity (Wildman–Crippen MR) is 123 cm³/mol. The van der Waals surface area contributed by atoms with Crippen LogP contribution < -0.4 is 5.32 Å². The minimum absolute atomic E-state index is 0.0741. The van der Waals surface area contributed by atoms with Gasteiger partial charge >= 0.3 is 0 Å². The smallest absolute Gasteiger partial charge is 0.252 e. The topological polar surface area (TPSA) is 81.3 Å². The number of aromatic amines is 1. The molecule has 0 unspecified atom stereocenters. The molecule has 1 aromatic rings. The lowest BCUT2D eigenvalue weighted by atomic mass is 10.0. The van der Waals surface area contributed by atoms with Gasteiger partial charge in [-0.05, 0) is 49.2 Å². The Morgan fingerprint density at radius 2 is 1.97 bits per heavy atom. The summed E-state index contributed by atoms with van der Waals surface area (Å²) in [5.74, 6) is -0.199. The molecule has 5 rings (SSSR count). The zero-order valence-electron chi connectivity index (χ0n) is 18.2. The van der Waals surface area contributed by atoms with E-state index in [2.05, 4.69) is 32.5 Å². The van der Waals surface area contributed by atoms with Gasteiger partial charge in [0.2, 0.25) is 5.91 Å². The molecule has 0 spiro atoms. The fourth-order valence-electron chi connectivity index (χ4n) is 4.73. The molecule has 7 heteroatoms. The summed E-state index contributed by atoms with van der Waals surface area (Å²) in [5, 5.41) is 10.5. The molecule has 3 aliphatic heterocycles. The number of hydrogen-bond acceptors (Lipinski definition) is 4. The Balaban J connectivity index is 1.49. The highest BCUT2D eigenvalue weighted by molar-refractivity contribution is 6.02. The molecule has 7 nitrogen and oxygen atoms in total. The Kier molecular flexibility index (Phi) is 5.49. The minimum Gasteiger partial charge on any atom is -0.344 e. The Morgan fingerprint density at radius 3 is 2.72 bits per heavy atom. The molecule has 2 amide bonds. The second-order valence-electron chi connectivity index (χ2n) is 8.54. The van der Waals surface area contributed by atoms with Gasteiger partial charge < -0.3 is 15.1 Å². The number of aromatic nitrogens is 2. The second kappa shape index (κ2) is 8.59. The molecule has 1 fully saturated rings. The van der Waals surface area contributed by atoms with Crippen LogP contribution in [0.5, 0.6) is 0 Å². The van der Waals surface area contributed by atoms with Crippen LogP contribution in [0.25, 0.3) is 17.2 Å². The minimum atomic E-state index is -0.124. The number of hydrogen-bond donors (Lipinski definition) is 2. The fraction of sp³-hybridized carbons (Fsp3) is 0.320. The van der Waals surface area contributed by atoms with E-state index in [1.54, 1.807) is 17.3 Å². The van der Waals surface area contributed by atoms with E-state index in [0.717, 1.165) is 47.6 Å². The average molecular weight is 430 g/mol. The van der Waals surface area contributed by atoms with Crippen LogP contribution in [0, 0.1) is 0 Å². The number of carbonyl (C=O) groups excluding carboxylic acids is 2. The molecule has 0 aromatic heterocycles. The van der Waals surface area contributed by atoms with E-state index in [4.69, 9.17) is 0 Å². The van der Waals surface area contributed by atoms with Crippen LogP contribution in [0.3, 0.4) is 0 Å². The van der Waals surface area contributed by atoms with Crippen molar-refractivity contribution in [2.75, 3.05) is 19.6 Å². The third-order valence-electron chi connectivity index (χ3n) is 6.41. The Labute approximate surface area is 187 Å². The van der Waals surface area contributed by atoms with E-state index in [0.29, 0.717) is 12.1 Å². The van der Waals surface area contributed by atoms with Crippen molar-refractivity contribution >= 4 is 17.9 Å². The van der Waals surface area contributed by atoms with Gasteiger partial charge in [0.25, 0.3) is 5.91 Å². The van der Waals surface area contributed by atoms with E-state index in [-0.39, 0.29) is 17.9 Å². The first-order valence-corrected chi connectivity index (χ1v) is 11.1. The third kappa shape index (κ3) is 3.91. The van der Waals surface area contributed by atoms with Crippen LogP contribution in [-0.2, 0) is 11.3 Å². The lowest BCUT2D eigenvalue weighted by Crippen LogP contribution is -2.37. The zero-order valence-corrected chi connectivity index (χ0v) is 18.2. The Bertz CT molecular complexity index is 1130. The normalized spacial score (nSPS) is 16.8. The van der Waals surface area contributed by atoms with Crippen molar-refractivity contribution in [2.24, 2.45) is 0 Å². The van der Waals surface area contributed by atoms with Gasteiger partial charge in [0.1, 0.15) is 0 Å². The highest BCUT2D eigenvalue weighted by Crippen LogP contribution is 2.37. The number of rotatable bonds is 5. The maximum atomic E-state index is 13.6. The lowest BCUT2D eigenvalue weighted by molar-refractivity contribution is -0.126. The molecule has 0 radical (unpaired) electrons. The van der Waals surface area contributed by atoms with Crippen LogP contribution >= 0.6 is 0 Å². The number of H-pyrrole nitrogens is 1. The van der Waals surface area contributed by atoms with Gasteiger partial charge in [-0.2, -0.15) is 5.10 Å². The van der Waals surface area contributed by atoms with E-state index >= 15 is 0 Å². The molecule has 1 saturated heterocycles. The number of carbonyl (C=O) groups is 2. The van der Waals surface area contributed by atoms with Crippen molar-refractivity contribution in [3.05, 3.63) is 71.2 Å². The largest absolute Gasteiger partial charge is 0.344 e. The monoisotopic (exact) mass is 429 g/mol. The van der Waals surface area contributed by atoms with E-state index in [1.807, 2.05) is 30.3 Å². The van der Waals surface area contributed by atoms with Gasteiger partial charge in [-0.15, -0.1) is 0 Å². The molecule has 0 saturated carbocycles. The summed E-state index contributed by atoms with van der Waals surface area (Å²) in [4.78, 5) is 29.7.